The quantitative estimate of drug-likeness (QED) is 0.670. The number of rotatable bonds is 1. The van der Waals surface area contributed by atoms with Crippen molar-refractivity contribution >= 4 is 21.9 Å². The van der Waals surface area contributed by atoms with Gasteiger partial charge in [0, 0.05) is 4.91 Å². The smallest absolute Gasteiger partial charge is 0.294 e. The molecule has 1 heterocycles. The summed E-state index contributed by atoms with van der Waals surface area (Å²) in [6.07, 6.45) is 0. The van der Waals surface area contributed by atoms with Crippen LogP contribution in [-0.2, 0) is 10.1 Å². The first-order valence-corrected chi connectivity index (χ1v) is 7.19. The summed E-state index contributed by atoms with van der Waals surface area (Å²) in [5.41, 5.74) is 5.43. The van der Waals surface area contributed by atoms with Crippen molar-refractivity contribution in [3.63, 3.8) is 0 Å². The van der Waals surface area contributed by atoms with Gasteiger partial charge in [-0.15, -0.1) is 11.8 Å². The van der Waals surface area contributed by atoms with Crippen LogP contribution in [0, 0.1) is 0 Å². The van der Waals surface area contributed by atoms with Gasteiger partial charge in [-0.3, -0.25) is 4.55 Å². The molecule has 0 radical (unpaired) electrons. The van der Waals surface area contributed by atoms with Crippen LogP contribution in [0.3, 0.4) is 0 Å². The molecular weight excluding hydrogens is 260 g/mol. The standard InChI is InChI=1S/C6H6O3S.C4H8N2S/c7-10(8,9)6-4-2-1-3-5-6;1-3-4(5)6-2-7-3/h1-5H,(H,7,8,9);6H,2,5H2,1H3. The summed E-state index contributed by atoms with van der Waals surface area (Å²) < 4.78 is 29.2. The fourth-order valence-electron chi connectivity index (χ4n) is 1.02. The Bertz CT molecular complexity index is 486. The molecule has 2 rings (SSSR count). The second-order valence-electron chi connectivity index (χ2n) is 3.22. The highest BCUT2D eigenvalue weighted by molar-refractivity contribution is 8.03. The molecule has 0 saturated carbocycles. The third-order valence-electron chi connectivity index (χ3n) is 1.97. The summed E-state index contributed by atoms with van der Waals surface area (Å²) in [5, 5.41) is 2.99. The molecule has 1 aromatic rings. The molecule has 0 fully saturated rings. The van der Waals surface area contributed by atoms with E-state index in [-0.39, 0.29) is 4.90 Å². The lowest BCUT2D eigenvalue weighted by Crippen LogP contribution is -2.13. The fourth-order valence-corrected chi connectivity index (χ4v) is 2.19. The first-order valence-electron chi connectivity index (χ1n) is 4.77. The highest BCUT2D eigenvalue weighted by Gasteiger charge is 2.05. The van der Waals surface area contributed by atoms with Crippen LogP contribution in [0.5, 0.6) is 0 Å². The molecular formula is C10H14N2O3S2. The van der Waals surface area contributed by atoms with Gasteiger partial charge in [-0.1, -0.05) is 18.2 Å². The van der Waals surface area contributed by atoms with E-state index < -0.39 is 10.1 Å². The summed E-state index contributed by atoms with van der Waals surface area (Å²) >= 11 is 1.75. The minimum absolute atomic E-state index is 0.0741. The van der Waals surface area contributed by atoms with Crippen molar-refractivity contribution in [2.24, 2.45) is 5.73 Å². The maximum absolute atomic E-state index is 10.4. The van der Waals surface area contributed by atoms with Crippen LogP contribution < -0.4 is 11.1 Å². The molecule has 0 bridgehead atoms. The number of nitrogens with one attached hydrogen (secondary N) is 1. The Kier molecular flexibility index (Phi) is 4.86. The minimum atomic E-state index is -4.00. The van der Waals surface area contributed by atoms with Crippen LogP contribution >= 0.6 is 11.8 Å². The predicted molar refractivity (Wildman–Crippen MR) is 68.7 cm³/mol. The van der Waals surface area contributed by atoms with E-state index in [4.69, 9.17) is 10.3 Å². The predicted octanol–water partition coefficient (Wildman–Crippen LogP) is 1.36. The van der Waals surface area contributed by atoms with E-state index in [2.05, 4.69) is 5.32 Å². The molecule has 94 valence electrons. The zero-order valence-electron chi connectivity index (χ0n) is 9.25. The van der Waals surface area contributed by atoms with Crippen molar-refractivity contribution in [1.29, 1.82) is 0 Å². The lowest BCUT2D eigenvalue weighted by molar-refractivity contribution is 0.483. The van der Waals surface area contributed by atoms with Gasteiger partial charge in [0.15, 0.2) is 0 Å². The Hall–Kier alpha value is -1.18. The second-order valence-corrected chi connectivity index (χ2v) is 5.83. The number of thioether (sulfide) groups is 1. The molecule has 0 unspecified atom stereocenters. The third kappa shape index (κ3) is 4.68. The molecule has 0 atom stereocenters. The summed E-state index contributed by atoms with van der Waals surface area (Å²) in [5.74, 6) is 1.78. The fraction of sp³-hybridized carbons (Fsp3) is 0.200. The molecule has 7 heteroatoms. The number of benzene rings is 1. The van der Waals surface area contributed by atoms with Gasteiger partial charge in [0.25, 0.3) is 10.1 Å². The van der Waals surface area contributed by atoms with Gasteiger partial charge in [-0.05, 0) is 19.1 Å². The van der Waals surface area contributed by atoms with Crippen molar-refractivity contribution < 1.29 is 13.0 Å². The molecule has 4 N–H and O–H groups in total. The molecule has 0 amide bonds. The molecule has 1 aliphatic heterocycles. The molecule has 1 aliphatic rings. The van der Waals surface area contributed by atoms with E-state index in [1.54, 1.807) is 30.0 Å². The van der Waals surface area contributed by atoms with Gasteiger partial charge >= 0.3 is 0 Å². The lowest BCUT2D eigenvalue weighted by atomic mass is 10.4. The van der Waals surface area contributed by atoms with E-state index in [1.807, 2.05) is 6.92 Å². The molecule has 0 saturated heterocycles. The molecule has 5 nitrogen and oxygen atoms in total. The highest BCUT2D eigenvalue weighted by Crippen LogP contribution is 2.19. The average Bonchev–Trinajstić information content (AvgIpc) is 2.64. The maximum atomic E-state index is 10.4. The van der Waals surface area contributed by atoms with E-state index >= 15 is 0 Å². The van der Waals surface area contributed by atoms with E-state index in [0.717, 1.165) is 11.7 Å². The van der Waals surface area contributed by atoms with Crippen LogP contribution in [-0.4, -0.2) is 18.8 Å². The van der Waals surface area contributed by atoms with Gasteiger partial charge in [0.1, 0.15) is 5.82 Å². The third-order valence-corrected chi connectivity index (χ3v) is 3.78. The Morgan fingerprint density at radius 2 is 1.94 bits per heavy atom. The first-order chi connectivity index (χ1) is 7.91. The monoisotopic (exact) mass is 274 g/mol. The van der Waals surface area contributed by atoms with Gasteiger partial charge in [-0.25, -0.2) is 0 Å². The summed E-state index contributed by atoms with van der Waals surface area (Å²) in [6, 6.07) is 7.42. The van der Waals surface area contributed by atoms with Crippen molar-refractivity contribution in [1.82, 2.24) is 5.32 Å². The Morgan fingerprint density at radius 3 is 2.18 bits per heavy atom. The van der Waals surface area contributed by atoms with Crippen molar-refractivity contribution in [3.05, 3.63) is 41.1 Å². The zero-order chi connectivity index (χ0) is 12.9. The van der Waals surface area contributed by atoms with Gasteiger partial charge < -0.3 is 11.1 Å². The molecule has 1 aromatic carbocycles. The van der Waals surface area contributed by atoms with Crippen LogP contribution in [0.2, 0.25) is 0 Å². The number of hydrogen-bond acceptors (Lipinski definition) is 5. The highest BCUT2D eigenvalue weighted by atomic mass is 32.2. The number of allylic oxidation sites excluding steroid dienone is 1. The summed E-state index contributed by atoms with van der Waals surface area (Å²) in [4.78, 5) is 1.13. The Labute approximate surface area is 105 Å². The lowest BCUT2D eigenvalue weighted by Gasteiger charge is -1.92. The summed E-state index contributed by atoms with van der Waals surface area (Å²) in [6.45, 7) is 2.01. The average molecular weight is 274 g/mol. The van der Waals surface area contributed by atoms with E-state index in [1.165, 1.54) is 17.0 Å². The Balaban J connectivity index is 0.000000181. The largest absolute Gasteiger partial charge is 0.385 e. The van der Waals surface area contributed by atoms with Crippen molar-refractivity contribution in [2.75, 3.05) is 5.88 Å². The van der Waals surface area contributed by atoms with Gasteiger partial charge in [0.05, 0.1) is 10.8 Å². The zero-order valence-corrected chi connectivity index (χ0v) is 10.9. The number of nitrogens with two attached hydrogens (primary N) is 1. The van der Waals surface area contributed by atoms with Crippen LogP contribution in [0.25, 0.3) is 0 Å². The second kappa shape index (κ2) is 5.95. The van der Waals surface area contributed by atoms with Gasteiger partial charge in [-0.2, -0.15) is 8.42 Å². The molecule has 0 aliphatic carbocycles. The maximum Gasteiger partial charge on any atom is 0.294 e. The normalized spacial score (nSPS) is 14.9. The SMILES string of the molecule is CC1=C(N)NCS1.O=S(=O)(O)c1ccccc1. The minimum Gasteiger partial charge on any atom is -0.385 e. The molecule has 0 aromatic heterocycles. The summed E-state index contributed by atoms with van der Waals surface area (Å²) in [7, 11) is -4.00. The van der Waals surface area contributed by atoms with Crippen molar-refractivity contribution in [2.45, 2.75) is 11.8 Å². The Morgan fingerprint density at radius 1 is 1.35 bits per heavy atom. The van der Waals surface area contributed by atoms with Crippen LogP contribution in [0.1, 0.15) is 6.92 Å². The topological polar surface area (TPSA) is 92.4 Å². The number of hydrogen-bond donors (Lipinski definition) is 3. The van der Waals surface area contributed by atoms with E-state index in [0.29, 0.717) is 0 Å². The molecule has 17 heavy (non-hydrogen) atoms. The van der Waals surface area contributed by atoms with E-state index in [9.17, 15) is 8.42 Å². The van der Waals surface area contributed by atoms with Gasteiger partial charge in [0.2, 0.25) is 0 Å². The van der Waals surface area contributed by atoms with Crippen LogP contribution in [0.15, 0.2) is 46.0 Å². The molecule has 0 spiro atoms. The van der Waals surface area contributed by atoms with Crippen LogP contribution in [0.4, 0.5) is 0 Å². The van der Waals surface area contributed by atoms with Crippen molar-refractivity contribution in [3.8, 4) is 0 Å². The first kappa shape index (κ1) is 13.9.